The lowest BCUT2D eigenvalue weighted by atomic mass is 9.89. The summed E-state index contributed by atoms with van der Waals surface area (Å²) < 4.78 is 0. The summed E-state index contributed by atoms with van der Waals surface area (Å²) in [5.41, 5.74) is 9.11. The Morgan fingerprint density at radius 3 is 2.04 bits per heavy atom. The largest absolute Gasteiger partial charge is 0.399 e. The zero-order chi connectivity index (χ0) is 19.0. The Balaban J connectivity index is 0.000000342. The first-order valence-corrected chi connectivity index (χ1v) is 9.80. The van der Waals surface area contributed by atoms with Gasteiger partial charge in [-0.2, -0.15) is 0 Å². The number of anilines is 1. The Bertz CT molecular complexity index is 623. The molecule has 3 N–H and O–H groups in total. The topological polar surface area (TPSA) is 41.3 Å². The van der Waals surface area contributed by atoms with Crippen molar-refractivity contribution in [2.24, 2.45) is 0 Å². The van der Waals surface area contributed by atoms with E-state index in [1.165, 1.54) is 31.5 Å². The van der Waals surface area contributed by atoms with Gasteiger partial charge in [-0.05, 0) is 57.4 Å². The number of rotatable bonds is 4. The van der Waals surface area contributed by atoms with Gasteiger partial charge in [-0.1, -0.05) is 62.9 Å². The molecule has 2 aromatic carbocycles. The van der Waals surface area contributed by atoms with Crippen molar-refractivity contribution >= 4 is 5.69 Å². The maximum Gasteiger partial charge on any atom is 0.0404 e. The second-order valence-corrected chi connectivity index (χ2v) is 7.60. The minimum Gasteiger partial charge on any atom is -0.399 e. The SMILES string of the molecule is C.CCNC1CCN(C(C)(C)c2ccccc2)CC1.Cc1ccccc1N. The molecule has 0 aromatic heterocycles. The second kappa shape index (κ2) is 11.1. The molecule has 0 saturated carbocycles. The van der Waals surface area contributed by atoms with Crippen LogP contribution in [-0.2, 0) is 5.54 Å². The smallest absolute Gasteiger partial charge is 0.0404 e. The normalized spacial score (nSPS) is 15.4. The number of benzene rings is 2. The number of likely N-dealkylation sites (tertiary alicyclic amines) is 1. The van der Waals surface area contributed by atoms with Crippen molar-refractivity contribution in [3.63, 3.8) is 0 Å². The fourth-order valence-electron chi connectivity index (χ4n) is 3.55. The minimum absolute atomic E-state index is 0. The molecule has 3 rings (SSSR count). The van der Waals surface area contributed by atoms with Gasteiger partial charge < -0.3 is 11.1 Å². The van der Waals surface area contributed by atoms with E-state index in [-0.39, 0.29) is 13.0 Å². The zero-order valence-electron chi connectivity index (χ0n) is 16.8. The molecule has 0 spiro atoms. The van der Waals surface area contributed by atoms with E-state index in [1.54, 1.807) is 0 Å². The number of piperidine rings is 1. The van der Waals surface area contributed by atoms with Gasteiger partial charge in [0.2, 0.25) is 0 Å². The minimum atomic E-state index is 0. The average Bonchev–Trinajstić information content (AvgIpc) is 2.66. The van der Waals surface area contributed by atoms with Gasteiger partial charge in [-0.25, -0.2) is 0 Å². The number of para-hydroxylation sites is 1. The highest BCUT2D eigenvalue weighted by molar-refractivity contribution is 5.44. The molecule has 27 heavy (non-hydrogen) atoms. The van der Waals surface area contributed by atoms with Crippen LogP contribution in [0.4, 0.5) is 5.69 Å². The molecule has 0 aliphatic carbocycles. The van der Waals surface area contributed by atoms with E-state index >= 15 is 0 Å². The van der Waals surface area contributed by atoms with Gasteiger partial charge in [-0.15, -0.1) is 0 Å². The summed E-state index contributed by atoms with van der Waals surface area (Å²) in [6.45, 7) is 12.4. The van der Waals surface area contributed by atoms with E-state index in [2.05, 4.69) is 61.3 Å². The number of hydrogen-bond donors (Lipinski definition) is 2. The van der Waals surface area contributed by atoms with Crippen LogP contribution in [0.25, 0.3) is 0 Å². The van der Waals surface area contributed by atoms with Crippen molar-refractivity contribution in [3.8, 4) is 0 Å². The first-order chi connectivity index (χ1) is 12.4. The van der Waals surface area contributed by atoms with Crippen LogP contribution in [0.2, 0.25) is 0 Å². The van der Waals surface area contributed by atoms with Gasteiger partial charge in [0.15, 0.2) is 0 Å². The lowest BCUT2D eigenvalue weighted by Gasteiger charge is -2.43. The zero-order valence-corrected chi connectivity index (χ0v) is 16.8. The van der Waals surface area contributed by atoms with Crippen molar-refractivity contribution in [3.05, 3.63) is 65.7 Å². The van der Waals surface area contributed by atoms with Gasteiger partial charge in [0, 0.05) is 30.4 Å². The average molecular weight is 370 g/mol. The quantitative estimate of drug-likeness (QED) is 0.727. The van der Waals surface area contributed by atoms with E-state index in [0.29, 0.717) is 0 Å². The summed E-state index contributed by atoms with van der Waals surface area (Å²) in [5, 5.41) is 3.57. The van der Waals surface area contributed by atoms with Gasteiger partial charge in [0.05, 0.1) is 0 Å². The number of nitrogens with two attached hydrogens (primary N) is 1. The van der Waals surface area contributed by atoms with Gasteiger partial charge in [0.1, 0.15) is 0 Å². The number of nitrogen functional groups attached to an aromatic ring is 1. The summed E-state index contributed by atoms with van der Waals surface area (Å²) in [6.07, 6.45) is 2.54. The number of hydrogen-bond acceptors (Lipinski definition) is 3. The summed E-state index contributed by atoms with van der Waals surface area (Å²) in [6, 6.07) is 19.4. The third-order valence-electron chi connectivity index (χ3n) is 5.45. The maximum atomic E-state index is 5.52. The third-order valence-corrected chi connectivity index (χ3v) is 5.45. The molecule has 0 amide bonds. The fourth-order valence-corrected chi connectivity index (χ4v) is 3.55. The highest BCUT2D eigenvalue weighted by Gasteiger charge is 2.31. The lowest BCUT2D eigenvalue weighted by Crippen LogP contribution is -2.49. The molecule has 0 bridgehead atoms. The summed E-state index contributed by atoms with van der Waals surface area (Å²) in [4.78, 5) is 2.62. The van der Waals surface area contributed by atoms with E-state index < -0.39 is 0 Å². The van der Waals surface area contributed by atoms with Crippen molar-refractivity contribution in [1.82, 2.24) is 10.2 Å². The van der Waals surface area contributed by atoms with Gasteiger partial charge >= 0.3 is 0 Å². The fraction of sp³-hybridized carbons (Fsp3) is 0.500. The second-order valence-electron chi connectivity index (χ2n) is 7.60. The van der Waals surface area contributed by atoms with Crippen LogP contribution in [0.3, 0.4) is 0 Å². The molecule has 2 aromatic rings. The predicted octanol–water partition coefficient (Wildman–Crippen LogP) is 5.21. The molecule has 1 heterocycles. The van der Waals surface area contributed by atoms with Crippen LogP contribution in [0.5, 0.6) is 0 Å². The maximum absolute atomic E-state index is 5.52. The standard InChI is InChI=1S/C16H26N2.C7H9N.CH4/c1-4-17-15-10-12-18(13-11-15)16(2,3)14-8-6-5-7-9-14;1-6-4-2-3-5-7(6)8;/h5-9,15,17H,4,10-13H2,1-3H3;2-5H,8H2,1H3;1H4. The highest BCUT2D eigenvalue weighted by Crippen LogP contribution is 2.30. The Morgan fingerprint density at radius 1 is 1.00 bits per heavy atom. The summed E-state index contributed by atoms with van der Waals surface area (Å²) >= 11 is 0. The molecule has 1 saturated heterocycles. The molecular formula is C24H39N3. The first-order valence-electron chi connectivity index (χ1n) is 9.80. The van der Waals surface area contributed by atoms with Crippen LogP contribution in [0, 0.1) is 6.92 Å². The van der Waals surface area contributed by atoms with Crippen LogP contribution in [0.1, 0.15) is 52.2 Å². The Labute approximate surface area is 167 Å². The van der Waals surface area contributed by atoms with E-state index in [9.17, 15) is 0 Å². The molecule has 3 heteroatoms. The molecule has 1 aliphatic heterocycles. The molecule has 150 valence electrons. The van der Waals surface area contributed by atoms with Crippen molar-refractivity contribution < 1.29 is 0 Å². The van der Waals surface area contributed by atoms with E-state index in [1.807, 2.05) is 31.2 Å². The van der Waals surface area contributed by atoms with Crippen molar-refractivity contribution in [2.75, 3.05) is 25.4 Å². The highest BCUT2D eigenvalue weighted by atomic mass is 15.2. The molecule has 0 atom stereocenters. The summed E-state index contributed by atoms with van der Waals surface area (Å²) in [7, 11) is 0. The number of aryl methyl sites for hydroxylation is 1. The monoisotopic (exact) mass is 369 g/mol. The van der Waals surface area contributed by atoms with Gasteiger partial charge in [-0.3, -0.25) is 4.90 Å². The van der Waals surface area contributed by atoms with E-state index in [4.69, 9.17) is 5.73 Å². The Morgan fingerprint density at radius 2 is 1.56 bits per heavy atom. The van der Waals surface area contributed by atoms with Crippen molar-refractivity contribution in [1.29, 1.82) is 0 Å². The molecule has 0 radical (unpaired) electrons. The lowest BCUT2D eigenvalue weighted by molar-refractivity contribution is 0.0817. The van der Waals surface area contributed by atoms with Gasteiger partial charge in [0.25, 0.3) is 0 Å². The van der Waals surface area contributed by atoms with Crippen LogP contribution in [-0.4, -0.2) is 30.6 Å². The van der Waals surface area contributed by atoms with E-state index in [0.717, 1.165) is 23.8 Å². The summed E-state index contributed by atoms with van der Waals surface area (Å²) in [5.74, 6) is 0. The third kappa shape index (κ3) is 6.67. The van der Waals surface area contributed by atoms with Crippen molar-refractivity contribution in [2.45, 2.75) is 59.5 Å². The molecule has 0 unspecified atom stereocenters. The predicted molar refractivity (Wildman–Crippen MR) is 120 cm³/mol. The van der Waals surface area contributed by atoms with Crippen LogP contribution >= 0.6 is 0 Å². The number of nitrogens with zero attached hydrogens (tertiary/aromatic N) is 1. The molecule has 3 nitrogen and oxygen atoms in total. The Hall–Kier alpha value is -1.84. The Kier molecular flexibility index (Phi) is 9.54. The first kappa shape index (κ1) is 23.2. The molecule has 1 aliphatic rings. The van der Waals surface area contributed by atoms with Crippen LogP contribution < -0.4 is 11.1 Å². The number of nitrogens with one attached hydrogen (secondary N) is 1. The van der Waals surface area contributed by atoms with Crippen LogP contribution in [0.15, 0.2) is 54.6 Å². The molecular weight excluding hydrogens is 330 g/mol. The molecule has 1 fully saturated rings.